The third-order valence-corrected chi connectivity index (χ3v) is 5.33. The van der Waals surface area contributed by atoms with Crippen molar-refractivity contribution < 1.29 is 19.1 Å². The summed E-state index contributed by atoms with van der Waals surface area (Å²) in [5.41, 5.74) is 0. The second-order valence-corrected chi connectivity index (χ2v) is 7.89. The lowest BCUT2D eigenvalue weighted by molar-refractivity contribution is -0.141. The summed E-state index contributed by atoms with van der Waals surface area (Å²) in [5.74, 6) is 0.307. The molecule has 3 aliphatic rings. The molecule has 0 radical (unpaired) electrons. The van der Waals surface area contributed by atoms with E-state index in [0.29, 0.717) is 45.2 Å². The average molecular weight is 366 g/mol. The Hall–Kier alpha value is -1.67. The second kappa shape index (κ2) is 8.35. The Kier molecular flexibility index (Phi) is 6.13. The number of morpholine rings is 1. The number of carbonyl (C=O) groups excluding carboxylic acids is 3. The molecule has 0 spiro atoms. The molecule has 0 aromatic rings. The number of nitrogens with one attached hydrogen (secondary N) is 1. The zero-order chi connectivity index (χ0) is 18.7. The van der Waals surface area contributed by atoms with E-state index < -0.39 is 6.04 Å². The van der Waals surface area contributed by atoms with Gasteiger partial charge >= 0.3 is 6.03 Å². The SMILES string of the molecule is CC(C)CC1NC(=O)N(CN2CCCC(C(=O)N3CCOCC3)C2)C1=O. The lowest BCUT2D eigenvalue weighted by Gasteiger charge is -2.37. The number of amides is 4. The Bertz CT molecular complexity index is 547. The Labute approximate surface area is 154 Å². The van der Waals surface area contributed by atoms with Crippen LogP contribution in [-0.4, -0.2) is 84.6 Å². The van der Waals surface area contributed by atoms with E-state index in [0.717, 1.165) is 19.4 Å². The van der Waals surface area contributed by atoms with E-state index in [1.54, 1.807) is 0 Å². The molecule has 0 aromatic heterocycles. The summed E-state index contributed by atoms with van der Waals surface area (Å²) in [5, 5.41) is 2.78. The molecule has 0 saturated carbocycles. The zero-order valence-electron chi connectivity index (χ0n) is 15.8. The van der Waals surface area contributed by atoms with Gasteiger partial charge in [0.15, 0.2) is 0 Å². The Balaban J connectivity index is 1.55. The van der Waals surface area contributed by atoms with Crippen LogP contribution in [0, 0.1) is 11.8 Å². The molecule has 1 N–H and O–H groups in total. The number of likely N-dealkylation sites (tertiary alicyclic amines) is 1. The van der Waals surface area contributed by atoms with Gasteiger partial charge in [-0.1, -0.05) is 13.8 Å². The molecule has 0 aliphatic carbocycles. The molecule has 2 atom stereocenters. The third-order valence-electron chi connectivity index (χ3n) is 5.33. The van der Waals surface area contributed by atoms with Crippen molar-refractivity contribution in [1.29, 1.82) is 0 Å². The van der Waals surface area contributed by atoms with Crippen LogP contribution < -0.4 is 5.32 Å². The molecule has 3 heterocycles. The summed E-state index contributed by atoms with van der Waals surface area (Å²) in [4.78, 5) is 42.7. The molecule has 146 valence electrons. The summed E-state index contributed by atoms with van der Waals surface area (Å²) in [6.45, 7) is 8.25. The second-order valence-electron chi connectivity index (χ2n) is 7.89. The molecule has 0 bridgehead atoms. The van der Waals surface area contributed by atoms with E-state index in [-0.39, 0.29) is 30.4 Å². The summed E-state index contributed by atoms with van der Waals surface area (Å²) in [6, 6.07) is -0.736. The average Bonchev–Trinajstić information content (AvgIpc) is 2.89. The van der Waals surface area contributed by atoms with Crippen LogP contribution >= 0.6 is 0 Å². The van der Waals surface area contributed by atoms with Crippen LogP contribution in [0.25, 0.3) is 0 Å². The first-order valence-corrected chi connectivity index (χ1v) is 9.66. The van der Waals surface area contributed by atoms with E-state index in [1.165, 1.54) is 4.90 Å². The van der Waals surface area contributed by atoms with E-state index in [9.17, 15) is 14.4 Å². The molecule has 8 heteroatoms. The van der Waals surface area contributed by atoms with Crippen molar-refractivity contribution in [1.82, 2.24) is 20.0 Å². The van der Waals surface area contributed by atoms with Gasteiger partial charge in [0.1, 0.15) is 6.04 Å². The fourth-order valence-electron chi connectivity index (χ4n) is 3.97. The number of rotatable bonds is 5. The third kappa shape index (κ3) is 4.35. The predicted octanol–water partition coefficient (Wildman–Crippen LogP) is 0.481. The number of carbonyl (C=O) groups is 3. The minimum Gasteiger partial charge on any atom is -0.378 e. The number of urea groups is 1. The van der Waals surface area contributed by atoms with Crippen molar-refractivity contribution >= 4 is 17.8 Å². The number of hydrogen-bond donors (Lipinski definition) is 1. The maximum atomic E-state index is 12.7. The smallest absolute Gasteiger partial charge is 0.325 e. The summed E-state index contributed by atoms with van der Waals surface area (Å²) in [7, 11) is 0. The van der Waals surface area contributed by atoms with Gasteiger partial charge in [0, 0.05) is 19.6 Å². The van der Waals surface area contributed by atoms with Gasteiger partial charge in [-0.15, -0.1) is 0 Å². The van der Waals surface area contributed by atoms with Gasteiger partial charge in [-0.05, 0) is 31.7 Å². The van der Waals surface area contributed by atoms with E-state index in [2.05, 4.69) is 10.2 Å². The van der Waals surface area contributed by atoms with Crippen LogP contribution in [0.3, 0.4) is 0 Å². The molecule has 3 aliphatic heterocycles. The number of nitrogens with zero attached hydrogens (tertiary/aromatic N) is 3. The van der Waals surface area contributed by atoms with Crippen molar-refractivity contribution in [3.05, 3.63) is 0 Å². The fraction of sp³-hybridized carbons (Fsp3) is 0.833. The summed E-state index contributed by atoms with van der Waals surface area (Å²) < 4.78 is 5.32. The highest BCUT2D eigenvalue weighted by Crippen LogP contribution is 2.21. The first-order chi connectivity index (χ1) is 12.5. The van der Waals surface area contributed by atoms with Crippen LogP contribution in [0.2, 0.25) is 0 Å². The zero-order valence-corrected chi connectivity index (χ0v) is 15.8. The van der Waals surface area contributed by atoms with Crippen LogP contribution in [0.15, 0.2) is 0 Å². The van der Waals surface area contributed by atoms with Crippen LogP contribution in [0.4, 0.5) is 4.79 Å². The Morgan fingerprint density at radius 2 is 1.96 bits per heavy atom. The quantitative estimate of drug-likeness (QED) is 0.716. The van der Waals surface area contributed by atoms with Crippen molar-refractivity contribution in [3.63, 3.8) is 0 Å². The predicted molar refractivity (Wildman–Crippen MR) is 95.2 cm³/mol. The molecule has 8 nitrogen and oxygen atoms in total. The Morgan fingerprint density at radius 1 is 1.23 bits per heavy atom. The van der Waals surface area contributed by atoms with Crippen LogP contribution in [0.5, 0.6) is 0 Å². The molecular formula is C18H30N4O4. The maximum Gasteiger partial charge on any atom is 0.325 e. The maximum absolute atomic E-state index is 12.7. The van der Waals surface area contributed by atoms with E-state index in [1.807, 2.05) is 18.7 Å². The molecule has 26 heavy (non-hydrogen) atoms. The van der Waals surface area contributed by atoms with E-state index >= 15 is 0 Å². The highest BCUT2D eigenvalue weighted by atomic mass is 16.5. The first kappa shape index (κ1) is 19.1. The van der Waals surface area contributed by atoms with Gasteiger partial charge in [0.25, 0.3) is 5.91 Å². The first-order valence-electron chi connectivity index (χ1n) is 9.66. The fourth-order valence-corrected chi connectivity index (χ4v) is 3.97. The standard InChI is InChI=1S/C18H30N4O4/c1-13(2)10-15-17(24)22(18(25)19-15)12-20-5-3-4-14(11-20)16(23)21-6-8-26-9-7-21/h13-15H,3-12H2,1-2H3,(H,19,25). The molecule has 0 aromatic carbocycles. The number of piperidine rings is 1. The molecule has 2 unspecified atom stereocenters. The monoisotopic (exact) mass is 366 g/mol. The summed E-state index contributed by atoms with van der Waals surface area (Å²) in [6.07, 6.45) is 2.42. The largest absolute Gasteiger partial charge is 0.378 e. The van der Waals surface area contributed by atoms with Crippen molar-refractivity contribution in [2.24, 2.45) is 11.8 Å². The van der Waals surface area contributed by atoms with Gasteiger partial charge in [0.2, 0.25) is 5.91 Å². The van der Waals surface area contributed by atoms with Gasteiger partial charge in [0.05, 0.1) is 25.8 Å². The minimum atomic E-state index is -0.418. The van der Waals surface area contributed by atoms with Crippen LogP contribution in [-0.2, 0) is 14.3 Å². The van der Waals surface area contributed by atoms with Crippen molar-refractivity contribution in [2.45, 2.75) is 39.2 Å². The van der Waals surface area contributed by atoms with Gasteiger partial charge in [-0.2, -0.15) is 0 Å². The van der Waals surface area contributed by atoms with Gasteiger partial charge in [-0.3, -0.25) is 14.5 Å². The van der Waals surface area contributed by atoms with E-state index in [4.69, 9.17) is 4.74 Å². The summed E-state index contributed by atoms with van der Waals surface area (Å²) >= 11 is 0. The number of ether oxygens (including phenoxy) is 1. The molecule has 3 rings (SSSR count). The number of hydrogen-bond acceptors (Lipinski definition) is 5. The van der Waals surface area contributed by atoms with Gasteiger partial charge < -0.3 is 15.0 Å². The molecule has 3 fully saturated rings. The topological polar surface area (TPSA) is 82.2 Å². The highest BCUT2D eigenvalue weighted by molar-refractivity contribution is 6.04. The lowest BCUT2D eigenvalue weighted by Crippen LogP contribution is -2.51. The molecule has 3 saturated heterocycles. The number of imide groups is 1. The minimum absolute atomic E-state index is 0.0610. The van der Waals surface area contributed by atoms with Crippen LogP contribution in [0.1, 0.15) is 33.1 Å². The van der Waals surface area contributed by atoms with Crippen molar-refractivity contribution in [2.75, 3.05) is 46.1 Å². The normalized spacial score (nSPS) is 28.0. The molecule has 4 amide bonds. The Morgan fingerprint density at radius 3 is 2.65 bits per heavy atom. The lowest BCUT2D eigenvalue weighted by atomic mass is 9.96. The van der Waals surface area contributed by atoms with Gasteiger partial charge in [-0.25, -0.2) is 9.69 Å². The highest BCUT2D eigenvalue weighted by Gasteiger charge is 2.40. The van der Waals surface area contributed by atoms with Crippen molar-refractivity contribution in [3.8, 4) is 0 Å². The molecular weight excluding hydrogens is 336 g/mol.